The number of aliphatic imine (C=N–C) groups is 1. The Labute approximate surface area is 184 Å². The number of amides is 1. The molecule has 1 saturated heterocycles. The summed E-state index contributed by atoms with van der Waals surface area (Å²) in [7, 11) is -3.90. The zero-order valence-electron chi connectivity index (χ0n) is 15.7. The molecule has 1 amide bonds. The van der Waals surface area contributed by atoms with Gasteiger partial charge in [0.1, 0.15) is 0 Å². The number of rotatable bonds is 4. The van der Waals surface area contributed by atoms with E-state index in [1.165, 1.54) is 40.3 Å². The lowest BCUT2D eigenvalue weighted by molar-refractivity contribution is 0.100. The Kier molecular flexibility index (Phi) is 5.94. The molecule has 0 bridgehead atoms. The Bertz CT molecular complexity index is 1180. The number of benzene rings is 3. The molecule has 1 heterocycles. The van der Waals surface area contributed by atoms with E-state index in [1.54, 1.807) is 30.3 Å². The Balaban J connectivity index is 1.73. The summed E-state index contributed by atoms with van der Waals surface area (Å²) in [5.41, 5.74) is 1.37. The standard InChI is InChI=1S/C22H17ClN2O3S2/c23-18-11-13-19(14-12-18)30(27,28)25-15-20(16-7-3-1-4-8-16)29-22(25)24-21(26)17-9-5-2-6-10-17/h1-14,20H,15H2/t20-/m0/s1. The fourth-order valence-corrected chi connectivity index (χ4v) is 6.11. The van der Waals surface area contributed by atoms with Gasteiger partial charge in [-0.3, -0.25) is 4.79 Å². The minimum Gasteiger partial charge on any atom is -0.267 e. The summed E-state index contributed by atoms with van der Waals surface area (Å²) in [4.78, 5) is 16.9. The molecule has 30 heavy (non-hydrogen) atoms. The van der Waals surface area contributed by atoms with Gasteiger partial charge in [0.15, 0.2) is 5.17 Å². The lowest BCUT2D eigenvalue weighted by atomic mass is 10.1. The molecule has 4 rings (SSSR count). The molecule has 0 spiro atoms. The number of amidine groups is 1. The van der Waals surface area contributed by atoms with Crippen LogP contribution in [0.2, 0.25) is 5.02 Å². The van der Waals surface area contributed by atoms with Crippen molar-refractivity contribution in [2.45, 2.75) is 10.1 Å². The second-order valence-electron chi connectivity index (χ2n) is 6.57. The first-order valence-corrected chi connectivity index (χ1v) is 11.8. The van der Waals surface area contributed by atoms with E-state index < -0.39 is 15.9 Å². The molecule has 1 atom stereocenters. The number of halogens is 1. The summed E-state index contributed by atoms with van der Waals surface area (Å²) in [5, 5.41) is 0.434. The predicted molar refractivity (Wildman–Crippen MR) is 120 cm³/mol. The van der Waals surface area contributed by atoms with Crippen LogP contribution in [0.15, 0.2) is 94.8 Å². The maximum atomic E-state index is 13.3. The molecule has 0 unspecified atom stereocenters. The Morgan fingerprint density at radius 2 is 1.53 bits per heavy atom. The summed E-state index contributed by atoms with van der Waals surface area (Å²) < 4.78 is 27.9. The first-order chi connectivity index (χ1) is 14.4. The van der Waals surface area contributed by atoms with Crippen molar-refractivity contribution in [1.82, 2.24) is 4.31 Å². The van der Waals surface area contributed by atoms with Crippen LogP contribution in [0.25, 0.3) is 0 Å². The number of carbonyl (C=O) groups is 1. The number of thioether (sulfide) groups is 1. The van der Waals surface area contributed by atoms with Gasteiger partial charge in [0, 0.05) is 10.6 Å². The molecule has 1 fully saturated rings. The van der Waals surface area contributed by atoms with Gasteiger partial charge >= 0.3 is 0 Å². The van der Waals surface area contributed by atoms with E-state index in [0.717, 1.165) is 5.56 Å². The van der Waals surface area contributed by atoms with Crippen molar-refractivity contribution < 1.29 is 13.2 Å². The van der Waals surface area contributed by atoms with E-state index >= 15 is 0 Å². The van der Waals surface area contributed by atoms with Gasteiger partial charge < -0.3 is 0 Å². The summed E-state index contributed by atoms with van der Waals surface area (Å²) >= 11 is 7.18. The third kappa shape index (κ3) is 4.28. The van der Waals surface area contributed by atoms with Crippen molar-refractivity contribution in [2.75, 3.05) is 6.54 Å². The highest BCUT2D eigenvalue weighted by Gasteiger charge is 2.39. The highest BCUT2D eigenvalue weighted by atomic mass is 35.5. The summed E-state index contributed by atoms with van der Waals surface area (Å²) in [6.07, 6.45) is 0. The predicted octanol–water partition coefficient (Wildman–Crippen LogP) is 5.02. The second kappa shape index (κ2) is 8.63. The summed E-state index contributed by atoms with van der Waals surface area (Å²) in [6, 6.07) is 24.1. The third-order valence-corrected chi connectivity index (χ3v) is 7.95. The zero-order valence-corrected chi connectivity index (χ0v) is 18.1. The average molecular weight is 457 g/mol. The van der Waals surface area contributed by atoms with E-state index in [4.69, 9.17) is 11.6 Å². The van der Waals surface area contributed by atoms with E-state index in [1.807, 2.05) is 30.3 Å². The van der Waals surface area contributed by atoms with Crippen LogP contribution < -0.4 is 0 Å². The molecule has 0 aliphatic carbocycles. The minimum absolute atomic E-state index is 0.0982. The third-order valence-electron chi connectivity index (χ3n) is 4.58. The molecule has 8 heteroatoms. The number of sulfonamides is 1. The molecule has 1 aliphatic rings. The quantitative estimate of drug-likeness (QED) is 0.553. The summed E-state index contributed by atoms with van der Waals surface area (Å²) in [6.45, 7) is 0.181. The fourth-order valence-electron chi connectivity index (χ4n) is 3.04. The average Bonchev–Trinajstić information content (AvgIpc) is 3.20. The van der Waals surface area contributed by atoms with Crippen LogP contribution >= 0.6 is 23.4 Å². The number of hydrogen-bond donors (Lipinski definition) is 0. The van der Waals surface area contributed by atoms with E-state index in [-0.39, 0.29) is 21.9 Å². The molecule has 3 aromatic carbocycles. The minimum atomic E-state index is -3.90. The molecule has 152 valence electrons. The maximum Gasteiger partial charge on any atom is 0.279 e. The maximum absolute atomic E-state index is 13.3. The van der Waals surface area contributed by atoms with Crippen LogP contribution in [0, 0.1) is 0 Å². The largest absolute Gasteiger partial charge is 0.279 e. The number of carbonyl (C=O) groups excluding carboxylic acids is 1. The van der Waals surface area contributed by atoms with Crippen LogP contribution in [0.1, 0.15) is 21.2 Å². The Hall–Kier alpha value is -2.61. The Morgan fingerprint density at radius 3 is 2.17 bits per heavy atom. The number of hydrogen-bond acceptors (Lipinski definition) is 4. The molecule has 3 aromatic rings. The van der Waals surface area contributed by atoms with Crippen LogP contribution in [0.5, 0.6) is 0 Å². The van der Waals surface area contributed by atoms with Crippen LogP contribution in [0.3, 0.4) is 0 Å². The van der Waals surface area contributed by atoms with Crippen LogP contribution in [-0.4, -0.2) is 30.3 Å². The Morgan fingerprint density at radius 1 is 0.933 bits per heavy atom. The van der Waals surface area contributed by atoms with Crippen LogP contribution in [-0.2, 0) is 10.0 Å². The van der Waals surface area contributed by atoms with E-state index in [9.17, 15) is 13.2 Å². The molecular weight excluding hydrogens is 440 g/mol. The molecular formula is C22H17ClN2O3S2. The van der Waals surface area contributed by atoms with Crippen molar-refractivity contribution in [3.8, 4) is 0 Å². The molecule has 0 aromatic heterocycles. The second-order valence-corrected chi connectivity index (χ2v) is 10.0. The van der Waals surface area contributed by atoms with Gasteiger partial charge in [0.2, 0.25) is 0 Å². The van der Waals surface area contributed by atoms with Crippen molar-refractivity contribution >= 4 is 44.5 Å². The van der Waals surface area contributed by atoms with Crippen molar-refractivity contribution in [3.63, 3.8) is 0 Å². The van der Waals surface area contributed by atoms with Crippen molar-refractivity contribution in [2.24, 2.45) is 4.99 Å². The van der Waals surface area contributed by atoms with Crippen LogP contribution in [0.4, 0.5) is 0 Å². The van der Waals surface area contributed by atoms with Gasteiger partial charge in [0.25, 0.3) is 15.9 Å². The molecule has 1 aliphatic heterocycles. The van der Waals surface area contributed by atoms with E-state index in [2.05, 4.69) is 4.99 Å². The van der Waals surface area contributed by atoms with Gasteiger partial charge in [-0.05, 0) is 42.0 Å². The highest BCUT2D eigenvalue weighted by Crippen LogP contribution is 2.41. The zero-order chi connectivity index (χ0) is 21.1. The normalized spacial score (nSPS) is 18.0. The fraction of sp³-hybridized carbons (Fsp3) is 0.0909. The monoisotopic (exact) mass is 456 g/mol. The highest BCUT2D eigenvalue weighted by molar-refractivity contribution is 8.15. The lowest BCUT2D eigenvalue weighted by Gasteiger charge is -2.18. The number of nitrogens with zero attached hydrogens (tertiary/aromatic N) is 2. The molecule has 5 nitrogen and oxygen atoms in total. The molecule has 0 radical (unpaired) electrons. The van der Waals surface area contributed by atoms with Gasteiger partial charge in [0.05, 0.1) is 16.7 Å². The van der Waals surface area contributed by atoms with Crippen molar-refractivity contribution in [1.29, 1.82) is 0 Å². The summed E-state index contributed by atoms with van der Waals surface area (Å²) in [5.74, 6) is -0.483. The molecule has 0 saturated carbocycles. The first kappa shape index (κ1) is 20.7. The SMILES string of the molecule is O=C(N=C1S[C@H](c2ccccc2)CN1S(=O)(=O)c1ccc(Cl)cc1)c1ccccc1. The molecule has 0 N–H and O–H groups in total. The van der Waals surface area contributed by atoms with Crippen molar-refractivity contribution in [3.05, 3.63) is 101 Å². The van der Waals surface area contributed by atoms with Gasteiger partial charge in [-0.1, -0.05) is 71.9 Å². The smallest absolute Gasteiger partial charge is 0.267 e. The first-order valence-electron chi connectivity index (χ1n) is 9.13. The van der Waals surface area contributed by atoms with E-state index in [0.29, 0.717) is 10.6 Å². The van der Waals surface area contributed by atoms with Gasteiger partial charge in [-0.25, -0.2) is 12.7 Å². The lowest BCUT2D eigenvalue weighted by Crippen LogP contribution is -2.32. The topological polar surface area (TPSA) is 66.8 Å². The van der Waals surface area contributed by atoms with Gasteiger partial charge in [-0.15, -0.1) is 0 Å². The van der Waals surface area contributed by atoms with Gasteiger partial charge in [-0.2, -0.15) is 4.99 Å².